The van der Waals surface area contributed by atoms with Crippen LogP contribution in [0.2, 0.25) is 0 Å². The number of carbonyl (C=O) groups is 1. The third-order valence-electron chi connectivity index (χ3n) is 4.78. The van der Waals surface area contributed by atoms with Crippen molar-refractivity contribution in [2.75, 3.05) is 0 Å². The van der Waals surface area contributed by atoms with Crippen molar-refractivity contribution in [3.05, 3.63) is 62.4 Å². The first kappa shape index (κ1) is 16.4. The van der Waals surface area contributed by atoms with E-state index in [9.17, 15) is 14.7 Å². The van der Waals surface area contributed by atoms with Gasteiger partial charge in [-0.1, -0.05) is 0 Å². The van der Waals surface area contributed by atoms with Crippen molar-refractivity contribution in [2.45, 2.75) is 39.7 Å². The Labute approximate surface area is 149 Å². The van der Waals surface area contributed by atoms with Crippen molar-refractivity contribution in [1.82, 2.24) is 0 Å². The number of benzene rings is 1. The lowest BCUT2D eigenvalue weighted by molar-refractivity contribution is -0.257. The van der Waals surface area contributed by atoms with E-state index in [2.05, 4.69) is 0 Å². The van der Waals surface area contributed by atoms with Gasteiger partial charge in [-0.05, 0) is 62.4 Å². The number of carboxylic acids is 1. The molecular weight excluding hydrogens is 336 g/mol. The smallest absolute Gasteiger partial charge is 0.339 e. The number of aryl methyl sites for hydroxylation is 3. The second-order valence-electron chi connectivity index (χ2n) is 6.60. The quantitative estimate of drug-likeness (QED) is 0.669. The van der Waals surface area contributed by atoms with Gasteiger partial charge >= 0.3 is 5.63 Å². The Morgan fingerprint density at radius 3 is 2.65 bits per heavy atom. The van der Waals surface area contributed by atoms with E-state index in [0.717, 1.165) is 41.3 Å². The maximum Gasteiger partial charge on any atom is 0.339 e. The topological polar surface area (TPSA) is 92.7 Å². The van der Waals surface area contributed by atoms with E-state index >= 15 is 0 Å². The average Bonchev–Trinajstić information content (AvgIpc) is 3.19. The van der Waals surface area contributed by atoms with Gasteiger partial charge in [-0.2, -0.15) is 0 Å². The lowest BCUT2D eigenvalue weighted by Gasteiger charge is -2.12. The Balaban J connectivity index is 1.76. The molecule has 0 bridgehead atoms. The first-order chi connectivity index (χ1) is 12.4. The Morgan fingerprint density at radius 2 is 1.92 bits per heavy atom. The average molecular weight is 353 g/mol. The Bertz CT molecular complexity index is 1090. The number of rotatable bonds is 4. The summed E-state index contributed by atoms with van der Waals surface area (Å²) in [5.41, 5.74) is 3.51. The molecule has 2 heterocycles. The Morgan fingerprint density at radius 1 is 1.15 bits per heavy atom. The van der Waals surface area contributed by atoms with Crippen LogP contribution in [-0.4, -0.2) is 5.97 Å². The van der Waals surface area contributed by atoms with Crippen molar-refractivity contribution >= 4 is 16.9 Å². The summed E-state index contributed by atoms with van der Waals surface area (Å²) in [6.07, 6.45) is 2.45. The Kier molecular flexibility index (Phi) is 3.83. The molecule has 3 aromatic rings. The first-order valence-electron chi connectivity index (χ1n) is 8.46. The molecule has 0 unspecified atom stereocenters. The fraction of sp³-hybridized carbons (Fsp3) is 0.300. The first-order valence-corrected chi connectivity index (χ1v) is 8.46. The molecule has 0 N–H and O–H groups in total. The zero-order valence-electron chi connectivity index (χ0n) is 14.5. The van der Waals surface area contributed by atoms with Gasteiger partial charge in [-0.3, -0.25) is 0 Å². The van der Waals surface area contributed by atoms with Gasteiger partial charge in [-0.15, -0.1) is 0 Å². The summed E-state index contributed by atoms with van der Waals surface area (Å²) in [7, 11) is 0. The van der Waals surface area contributed by atoms with Crippen LogP contribution in [0.1, 0.15) is 45.0 Å². The van der Waals surface area contributed by atoms with Crippen molar-refractivity contribution in [3.8, 4) is 5.75 Å². The van der Waals surface area contributed by atoms with Crippen LogP contribution in [0.5, 0.6) is 5.75 Å². The zero-order valence-corrected chi connectivity index (χ0v) is 14.5. The molecule has 0 atom stereocenters. The third-order valence-corrected chi connectivity index (χ3v) is 4.78. The van der Waals surface area contributed by atoms with Gasteiger partial charge < -0.3 is 23.5 Å². The summed E-state index contributed by atoms with van der Waals surface area (Å²) < 4.78 is 16.7. The molecule has 0 aliphatic heterocycles. The van der Waals surface area contributed by atoms with E-state index in [1.807, 2.05) is 19.1 Å². The van der Waals surface area contributed by atoms with E-state index in [1.54, 1.807) is 6.92 Å². The number of ether oxygens (including phenoxy) is 1. The monoisotopic (exact) mass is 353 g/mol. The summed E-state index contributed by atoms with van der Waals surface area (Å²) in [6.45, 7) is 3.72. The van der Waals surface area contributed by atoms with Crippen molar-refractivity contribution in [2.24, 2.45) is 0 Å². The number of hydrogen-bond acceptors (Lipinski definition) is 6. The number of aromatic carboxylic acids is 1. The minimum absolute atomic E-state index is 0.148. The second kappa shape index (κ2) is 6.05. The molecule has 0 fully saturated rings. The maximum absolute atomic E-state index is 12.2. The molecule has 0 saturated carbocycles. The van der Waals surface area contributed by atoms with Crippen LogP contribution in [0.4, 0.5) is 0 Å². The maximum atomic E-state index is 12.2. The van der Waals surface area contributed by atoms with E-state index in [0.29, 0.717) is 22.7 Å². The molecule has 134 valence electrons. The summed E-state index contributed by atoms with van der Waals surface area (Å²) >= 11 is 0. The van der Waals surface area contributed by atoms with Gasteiger partial charge in [0.05, 0.1) is 5.39 Å². The molecule has 6 heteroatoms. The molecule has 2 aromatic heterocycles. The van der Waals surface area contributed by atoms with Crippen molar-refractivity contribution in [1.29, 1.82) is 0 Å². The van der Waals surface area contributed by atoms with Crippen molar-refractivity contribution in [3.63, 3.8) is 0 Å². The summed E-state index contributed by atoms with van der Waals surface area (Å²) in [5, 5.41) is 11.8. The lowest BCUT2D eigenvalue weighted by Crippen LogP contribution is -2.21. The van der Waals surface area contributed by atoms with E-state index in [4.69, 9.17) is 13.6 Å². The highest BCUT2D eigenvalue weighted by molar-refractivity contribution is 5.89. The molecule has 1 aromatic carbocycles. The molecule has 0 amide bonds. The number of fused-ring (bicyclic) bond motifs is 3. The van der Waals surface area contributed by atoms with Crippen LogP contribution in [0, 0.1) is 13.8 Å². The number of hydrogen-bond donors (Lipinski definition) is 0. The van der Waals surface area contributed by atoms with Crippen LogP contribution in [-0.2, 0) is 19.4 Å². The predicted octanol–water partition coefficient (Wildman–Crippen LogP) is 2.43. The fourth-order valence-electron chi connectivity index (χ4n) is 3.54. The molecule has 1 aliphatic carbocycles. The molecule has 1 aliphatic rings. The predicted molar refractivity (Wildman–Crippen MR) is 91.4 cm³/mol. The summed E-state index contributed by atoms with van der Waals surface area (Å²) in [5.74, 6) is -0.488. The van der Waals surface area contributed by atoms with Crippen LogP contribution >= 0.6 is 0 Å². The van der Waals surface area contributed by atoms with Gasteiger partial charge in [0.25, 0.3) is 0 Å². The van der Waals surface area contributed by atoms with E-state index < -0.39 is 5.97 Å². The third kappa shape index (κ3) is 2.67. The highest BCUT2D eigenvalue weighted by Gasteiger charge is 2.22. The highest BCUT2D eigenvalue weighted by atomic mass is 16.5. The highest BCUT2D eigenvalue weighted by Crippen LogP contribution is 2.35. The van der Waals surface area contributed by atoms with E-state index in [1.165, 1.54) is 6.07 Å². The fourth-order valence-corrected chi connectivity index (χ4v) is 3.54. The van der Waals surface area contributed by atoms with Gasteiger partial charge in [0.1, 0.15) is 35.4 Å². The van der Waals surface area contributed by atoms with Crippen LogP contribution in [0.15, 0.2) is 31.8 Å². The Hall–Kier alpha value is -3.02. The summed E-state index contributed by atoms with van der Waals surface area (Å²) in [4.78, 5) is 23.1. The van der Waals surface area contributed by atoms with Crippen LogP contribution < -0.4 is 15.5 Å². The molecule has 0 radical (unpaired) electrons. The molecule has 0 spiro atoms. The van der Waals surface area contributed by atoms with Gasteiger partial charge in [0, 0.05) is 11.1 Å². The molecule has 0 saturated heterocycles. The zero-order chi connectivity index (χ0) is 18.4. The molecule has 6 nitrogen and oxygen atoms in total. The van der Waals surface area contributed by atoms with Crippen LogP contribution in [0.3, 0.4) is 0 Å². The molecule has 4 rings (SSSR count). The minimum atomic E-state index is -1.36. The van der Waals surface area contributed by atoms with Crippen molar-refractivity contribution < 1.29 is 23.5 Å². The second-order valence-corrected chi connectivity index (χ2v) is 6.60. The van der Waals surface area contributed by atoms with E-state index in [-0.39, 0.29) is 18.0 Å². The largest absolute Gasteiger partial charge is 0.542 e. The SMILES string of the molecule is Cc1cc(OCc2cc(C(=O)[O-])oc2C)c2c3c(c(=O)oc2c1)CCC3. The van der Waals surface area contributed by atoms with Gasteiger partial charge in [0.15, 0.2) is 0 Å². The van der Waals surface area contributed by atoms with Gasteiger partial charge in [-0.25, -0.2) is 4.79 Å². The molecular formula is C20H17O6-. The minimum Gasteiger partial charge on any atom is -0.542 e. The van der Waals surface area contributed by atoms with Gasteiger partial charge in [0.2, 0.25) is 0 Å². The standard InChI is InChI=1S/C20H18O6/c1-10-6-15(24-9-12-8-17(19(21)22)25-11(12)2)18-13-4-3-5-14(13)20(23)26-16(18)7-10/h6-8H,3-5,9H2,1-2H3,(H,21,22)/p-1. The number of furan rings is 1. The lowest BCUT2D eigenvalue weighted by atomic mass is 10.0. The normalized spacial score (nSPS) is 13.2. The number of carbonyl (C=O) groups excluding carboxylic acids is 1. The summed E-state index contributed by atoms with van der Waals surface area (Å²) in [6, 6.07) is 5.14. The molecule has 26 heavy (non-hydrogen) atoms. The number of carboxylic acid groups (broad SMARTS) is 1. The van der Waals surface area contributed by atoms with Crippen LogP contribution in [0.25, 0.3) is 11.0 Å².